The van der Waals surface area contributed by atoms with Crippen LogP contribution in [0, 0.1) is 0 Å². The van der Waals surface area contributed by atoms with E-state index in [2.05, 4.69) is 21.2 Å². The summed E-state index contributed by atoms with van der Waals surface area (Å²) in [6.07, 6.45) is -4.39. The van der Waals surface area contributed by atoms with Crippen LogP contribution in [0.5, 0.6) is 0 Å². The molecule has 0 heterocycles. The van der Waals surface area contributed by atoms with Gasteiger partial charge in [-0.15, -0.1) is 0 Å². The van der Waals surface area contributed by atoms with Crippen LogP contribution in [-0.4, -0.2) is 11.2 Å². The monoisotopic (exact) mass is 295 g/mol. The number of alkyl halides is 4. The number of hydrogen-bond donors (Lipinski definition) is 1. The van der Waals surface area contributed by atoms with Gasteiger partial charge in [0.2, 0.25) is 5.91 Å². The van der Waals surface area contributed by atoms with Crippen LogP contribution in [-0.2, 0) is 17.5 Å². The van der Waals surface area contributed by atoms with Gasteiger partial charge in [0.15, 0.2) is 0 Å². The first kappa shape index (κ1) is 13.0. The Labute approximate surface area is 99.0 Å². The van der Waals surface area contributed by atoms with Crippen LogP contribution in [0.3, 0.4) is 0 Å². The molecule has 0 saturated carbocycles. The summed E-state index contributed by atoms with van der Waals surface area (Å²) in [7, 11) is 0. The number of amides is 1. The number of carbonyl (C=O) groups excluding carboxylic acids is 1. The van der Waals surface area contributed by atoms with Gasteiger partial charge < -0.3 is 5.32 Å². The zero-order valence-corrected chi connectivity index (χ0v) is 9.73. The van der Waals surface area contributed by atoms with Gasteiger partial charge in [-0.2, -0.15) is 13.2 Å². The van der Waals surface area contributed by atoms with Crippen molar-refractivity contribution in [3.05, 3.63) is 35.4 Å². The molecule has 88 valence electrons. The van der Waals surface area contributed by atoms with Gasteiger partial charge in [0.25, 0.3) is 0 Å². The van der Waals surface area contributed by atoms with Crippen LogP contribution in [0.15, 0.2) is 24.3 Å². The van der Waals surface area contributed by atoms with E-state index in [-0.39, 0.29) is 23.3 Å². The largest absolute Gasteiger partial charge is 0.416 e. The van der Waals surface area contributed by atoms with Crippen molar-refractivity contribution in [3.63, 3.8) is 0 Å². The molecule has 0 aliphatic rings. The molecule has 0 radical (unpaired) electrons. The third-order valence-electron chi connectivity index (χ3n) is 1.92. The molecule has 6 heteroatoms. The number of hydrogen-bond acceptors (Lipinski definition) is 1. The molecule has 1 N–H and O–H groups in total. The van der Waals surface area contributed by atoms with Crippen LogP contribution >= 0.6 is 15.9 Å². The van der Waals surface area contributed by atoms with E-state index in [9.17, 15) is 18.0 Å². The molecule has 0 saturated heterocycles. The van der Waals surface area contributed by atoms with Gasteiger partial charge in [-0.25, -0.2) is 0 Å². The third-order valence-corrected chi connectivity index (χ3v) is 2.43. The molecule has 0 spiro atoms. The zero-order chi connectivity index (χ0) is 12.2. The summed E-state index contributed by atoms with van der Waals surface area (Å²) in [6, 6.07) is 5.16. The average Bonchev–Trinajstić information content (AvgIpc) is 2.25. The molecule has 0 atom stereocenters. The van der Waals surface area contributed by atoms with Crippen LogP contribution < -0.4 is 5.32 Å². The predicted molar refractivity (Wildman–Crippen MR) is 57.1 cm³/mol. The lowest BCUT2D eigenvalue weighted by atomic mass is 10.1. The number of halogens is 4. The Morgan fingerprint density at radius 3 is 2.50 bits per heavy atom. The van der Waals surface area contributed by atoms with Gasteiger partial charge in [-0.3, -0.25) is 4.79 Å². The van der Waals surface area contributed by atoms with Gasteiger partial charge in [-0.1, -0.05) is 34.1 Å². The Morgan fingerprint density at radius 1 is 1.31 bits per heavy atom. The topological polar surface area (TPSA) is 29.1 Å². The molecule has 16 heavy (non-hydrogen) atoms. The van der Waals surface area contributed by atoms with Crippen molar-refractivity contribution in [3.8, 4) is 0 Å². The Balaban J connectivity index is 2.84. The lowest BCUT2D eigenvalue weighted by Crippen LogP contribution is -2.25. The predicted octanol–water partition coefficient (Wildman–Crippen LogP) is 2.72. The van der Waals surface area contributed by atoms with E-state index in [1.165, 1.54) is 18.2 Å². The van der Waals surface area contributed by atoms with Crippen LogP contribution in [0.1, 0.15) is 11.1 Å². The highest BCUT2D eigenvalue weighted by atomic mass is 79.9. The molecular weight excluding hydrogens is 287 g/mol. The fourth-order valence-corrected chi connectivity index (χ4v) is 1.39. The maximum Gasteiger partial charge on any atom is 0.416 e. The average molecular weight is 296 g/mol. The van der Waals surface area contributed by atoms with E-state index in [0.29, 0.717) is 0 Å². The second-order valence-electron chi connectivity index (χ2n) is 3.07. The SMILES string of the molecule is O=C(CBr)NCc1ccccc1C(F)(F)F. The molecule has 1 aromatic rings. The Kier molecular flexibility index (Phi) is 4.35. The van der Waals surface area contributed by atoms with Crippen molar-refractivity contribution in [2.45, 2.75) is 12.7 Å². The number of benzene rings is 1. The summed E-state index contributed by atoms with van der Waals surface area (Å²) in [5.74, 6) is -0.350. The summed E-state index contributed by atoms with van der Waals surface area (Å²) in [6.45, 7) is -0.125. The number of carbonyl (C=O) groups is 1. The van der Waals surface area contributed by atoms with E-state index < -0.39 is 11.7 Å². The summed E-state index contributed by atoms with van der Waals surface area (Å²) < 4.78 is 37.6. The molecular formula is C10H9BrF3NO. The molecule has 2 nitrogen and oxygen atoms in total. The van der Waals surface area contributed by atoms with Gasteiger partial charge in [0.1, 0.15) is 0 Å². The van der Waals surface area contributed by atoms with Crippen molar-refractivity contribution >= 4 is 21.8 Å². The van der Waals surface area contributed by atoms with Crippen molar-refractivity contribution in [2.75, 3.05) is 5.33 Å². The molecule has 0 aromatic heterocycles. The second-order valence-corrected chi connectivity index (χ2v) is 3.63. The lowest BCUT2D eigenvalue weighted by Gasteiger charge is -2.12. The molecule has 0 unspecified atom stereocenters. The Hall–Kier alpha value is -1.04. The molecule has 0 fully saturated rings. The van der Waals surface area contributed by atoms with Crippen molar-refractivity contribution < 1.29 is 18.0 Å². The first-order chi connectivity index (χ1) is 7.45. The molecule has 1 aromatic carbocycles. The minimum atomic E-state index is -4.39. The molecule has 0 aliphatic heterocycles. The highest BCUT2D eigenvalue weighted by Gasteiger charge is 2.32. The van der Waals surface area contributed by atoms with Crippen LogP contribution in [0.4, 0.5) is 13.2 Å². The van der Waals surface area contributed by atoms with Crippen molar-refractivity contribution in [1.82, 2.24) is 5.32 Å². The van der Waals surface area contributed by atoms with Gasteiger partial charge in [0, 0.05) is 6.54 Å². The first-order valence-corrected chi connectivity index (χ1v) is 5.55. The maximum absolute atomic E-state index is 12.5. The van der Waals surface area contributed by atoms with Crippen LogP contribution in [0.2, 0.25) is 0 Å². The van der Waals surface area contributed by atoms with Crippen LogP contribution in [0.25, 0.3) is 0 Å². The zero-order valence-electron chi connectivity index (χ0n) is 8.14. The van der Waals surface area contributed by atoms with E-state index in [1.807, 2.05) is 0 Å². The summed E-state index contributed by atoms with van der Waals surface area (Å²) >= 11 is 2.91. The highest BCUT2D eigenvalue weighted by molar-refractivity contribution is 9.09. The van der Waals surface area contributed by atoms with Gasteiger partial charge >= 0.3 is 6.18 Å². The third kappa shape index (κ3) is 3.52. The molecule has 0 aliphatic carbocycles. The molecule has 1 amide bonds. The standard InChI is InChI=1S/C10H9BrF3NO/c11-5-9(16)15-6-7-3-1-2-4-8(7)10(12,13)14/h1-4H,5-6H2,(H,15,16). The quantitative estimate of drug-likeness (QED) is 0.854. The van der Waals surface area contributed by atoms with Crippen molar-refractivity contribution in [1.29, 1.82) is 0 Å². The summed E-state index contributed by atoms with van der Waals surface area (Å²) in [5.41, 5.74) is -0.658. The fourth-order valence-electron chi connectivity index (χ4n) is 1.19. The van der Waals surface area contributed by atoms with E-state index in [1.54, 1.807) is 0 Å². The van der Waals surface area contributed by atoms with Gasteiger partial charge in [0.05, 0.1) is 10.9 Å². The summed E-state index contributed by atoms with van der Waals surface area (Å²) in [4.78, 5) is 10.9. The van der Waals surface area contributed by atoms with Gasteiger partial charge in [-0.05, 0) is 11.6 Å². The van der Waals surface area contributed by atoms with Crippen molar-refractivity contribution in [2.24, 2.45) is 0 Å². The maximum atomic E-state index is 12.5. The highest BCUT2D eigenvalue weighted by Crippen LogP contribution is 2.31. The Bertz CT molecular complexity index is 379. The molecule has 0 bridgehead atoms. The normalized spacial score (nSPS) is 11.2. The van der Waals surface area contributed by atoms with E-state index in [0.717, 1.165) is 6.07 Å². The smallest absolute Gasteiger partial charge is 0.351 e. The summed E-state index contributed by atoms with van der Waals surface area (Å²) in [5, 5.41) is 2.45. The Morgan fingerprint density at radius 2 is 1.94 bits per heavy atom. The fraction of sp³-hybridized carbons (Fsp3) is 0.300. The lowest BCUT2D eigenvalue weighted by molar-refractivity contribution is -0.138. The van der Waals surface area contributed by atoms with E-state index >= 15 is 0 Å². The first-order valence-electron chi connectivity index (χ1n) is 4.43. The minimum absolute atomic E-state index is 0.0595. The van der Waals surface area contributed by atoms with E-state index in [4.69, 9.17) is 0 Å². The second kappa shape index (κ2) is 5.34. The minimum Gasteiger partial charge on any atom is -0.351 e. The molecule has 1 rings (SSSR count). The number of nitrogens with one attached hydrogen (secondary N) is 1. The number of rotatable bonds is 3.